The highest BCUT2D eigenvalue weighted by Gasteiger charge is 2.22. The van der Waals surface area contributed by atoms with E-state index in [1.165, 1.54) is 186 Å². The molecule has 0 heterocycles. The molecule has 0 bridgehead atoms. The van der Waals surface area contributed by atoms with Crippen LogP contribution in [0.3, 0.4) is 0 Å². The van der Waals surface area contributed by atoms with Gasteiger partial charge in [0.15, 0.2) is 12.4 Å². The van der Waals surface area contributed by atoms with Crippen LogP contribution in [0.15, 0.2) is 146 Å². The molecule has 0 aromatic carbocycles. The summed E-state index contributed by atoms with van der Waals surface area (Å²) in [5.41, 5.74) is 0. The van der Waals surface area contributed by atoms with Gasteiger partial charge in [-0.05, 0) is 116 Å². The number of carbonyl (C=O) groups excluding carboxylic acids is 3. The second kappa shape index (κ2) is 76.9. The minimum atomic E-state index is -1.63. The molecule has 2 atom stereocenters. The molecule has 0 aliphatic carbocycles. The summed E-state index contributed by atoms with van der Waals surface area (Å²) in [6.45, 7) is 4.55. The number of hydrogen-bond donors (Lipinski definition) is 0. The Bertz CT molecular complexity index is 2110. The van der Waals surface area contributed by atoms with E-state index in [1.54, 1.807) is 0 Å². The summed E-state index contributed by atoms with van der Waals surface area (Å²) < 4.78 is 22.9. The number of rotatable bonds is 73. The summed E-state index contributed by atoms with van der Waals surface area (Å²) in [6.07, 6.45) is 110. The largest absolute Gasteiger partial charge is 0.545 e. The van der Waals surface area contributed by atoms with E-state index < -0.39 is 24.3 Å². The Morgan fingerprint density at radius 1 is 0.309 bits per heavy atom. The van der Waals surface area contributed by atoms with Crippen LogP contribution >= 0.6 is 0 Å². The zero-order valence-electron chi connectivity index (χ0n) is 63.4. The molecule has 0 aromatic heterocycles. The molecule has 0 rings (SSSR count). The fraction of sp³-hybridized carbons (Fsp3) is 0.693. The summed E-state index contributed by atoms with van der Waals surface area (Å²) in [4.78, 5) is 37.6. The lowest BCUT2D eigenvalue weighted by Gasteiger charge is -2.26. The first-order chi connectivity index (χ1) is 47.6. The summed E-state index contributed by atoms with van der Waals surface area (Å²) in [5.74, 6) is -2.27. The molecule has 554 valence electrons. The third-order valence-electron chi connectivity index (χ3n) is 17.1. The number of likely N-dealkylation sites (N-methyl/N-ethyl adjacent to an activating group) is 1. The quantitative estimate of drug-likeness (QED) is 0.0195. The zero-order valence-corrected chi connectivity index (χ0v) is 63.4. The van der Waals surface area contributed by atoms with Crippen molar-refractivity contribution in [3.63, 3.8) is 0 Å². The van der Waals surface area contributed by atoms with Gasteiger partial charge in [-0.3, -0.25) is 9.59 Å². The normalized spacial score (nSPS) is 13.5. The highest BCUT2D eigenvalue weighted by Crippen LogP contribution is 2.18. The van der Waals surface area contributed by atoms with Crippen LogP contribution < -0.4 is 5.11 Å². The summed E-state index contributed by atoms with van der Waals surface area (Å²) >= 11 is 0. The molecule has 97 heavy (non-hydrogen) atoms. The maximum absolute atomic E-state index is 13.0. The van der Waals surface area contributed by atoms with Gasteiger partial charge in [0.25, 0.3) is 0 Å². The SMILES string of the molecule is CC/C=C\C/C=C\C/C=C\C/C=C\C/C=C\C/C=C\C/C=C\CCCCCCCCCCCCCCCCCCCC(=O)OC(COC(=O)CCCCCCCCCCCCCCCCCCC/C=C\C/C=C\C/C=C\C/C=C\C/C=C\CC)COC(OCC[N+](C)(C)C)C(=O)[O-]. The Balaban J connectivity index is 4.03. The number of allylic oxidation sites excluding steroid dienone is 24. The van der Waals surface area contributed by atoms with Gasteiger partial charge in [-0.2, -0.15) is 0 Å². The third-order valence-corrected chi connectivity index (χ3v) is 17.1. The predicted molar refractivity (Wildman–Crippen MR) is 416 cm³/mol. The number of unbranched alkanes of at least 4 members (excludes halogenated alkanes) is 34. The van der Waals surface area contributed by atoms with Crippen LogP contribution in [0.5, 0.6) is 0 Å². The number of esters is 2. The number of aliphatic carboxylic acids is 1. The second-order valence-corrected chi connectivity index (χ2v) is 27.6. The van der Waals surface area contributed by atoms with Crippen LogP contribution in [0.25, 0.3) is 0 Å². The smallest absolute Gasteiger partial charge is 0.306 e. The van der Waals surface area contributed by atoms with Crippen LogP contribution in [0.4, 0.5) is 0 Å². The van der Waals surface area contributed by atoms with Crippen molar-refractivity contribution in [2.24, 2.45) is 0 Å². The first-order valence-electron chi connectivity index (χ1n) is 40.0. The summed E-state index contributed by atoms with van der Waals surface area (Å²) in [7, 11) is 5.94. The minimum Gasteiger partial charge on any atom is -0.545 e. The lowest BCUT2D eigenvalue weighted by Crippen LogP contribution is -2.44. The van der Waals surface area contributed by atoms with E-state index in [-0.39, 0.29) is 38.6 Å². The van der Waals surface area contributed by atoms with Crippen LogP contribution in [-0.4, -0.2) is 82.3 Å². The van der Waals surface area contributed by atoms with E-state index in [4.69, 9.17) is 18.9 Å². The Labute approximate surface area is 598 Å². The van der Waals surface area contributed by atoms with E-state index in [2.05, 4.69) is 160 Å². The number of ether oxygens (including phenoxy) is 4. The highest BCUT2D eigenvalue weighted by molar-refractivity contribution is 5.70. The van der Waals surface area contributed by atoms with E-state index in [0.717, 1.165) is 116 Å². The lowest BCUT2D eigenvalue weighted by molar-refractivity contribution is -0.870. The first kappa shape index (κ1) is 92.2. The molecule has 0 fully saturated rings. The van der Waals surface area contributed by atoms with Gasteiger partial charge in [0.05, 0.1) is 40.3 Å². The molecule has 0 spiro atoms. The highest BCUT2D eigenvalue weighted by atomic mass is 16.7. The van der Waals surface area contributed by atoms with Gasteiger partial charge in [0.1, 0.15) is 13.2 Å². The van der Waals surface area contributed by atoms with Gasteiger partial charge in [-0.1, -0.05) is 352 Å². The van der Waals surface area contributed by atoms with Crippen molar-refractivity contribution in [1.82, 2.24) is 0 Å². The fourth-order valence-electron chi connectivity index (χ4n) is 11.1. The van der Waals surface area contributed by atoms with Crippen molar-refractivity contribution in [2.45, 2.75) is 347 Å². The molecule has 0 amide bonds. The molecule has 0 radical (unpaired) electrons. The number of quaternary nitrogens is 1. The molecule has 0 saturated carbocycles. The second-order valence-electron chi connectivity index (χ2n) is 27.6. The van der Waals surface area contributed by atoms with E-state index in [0.29, 0.717) is 17.4 Å². The molecule has 2 unspecified atom stereocenters. The monoisotopic (exact) mass is 1350 g/mol. The lowest BCUT2D eigenvalue weighted by atomic mass is 10.0. The fourth-order valence-corrected chi connectivity index (χ4v) is 11.1. The maximum Gasteiger partial charge on any atom is 0.306 e. The zero-order chi connectivity index (χ0) is 70.4. The molecular weight excluding hydrogens is 1200 g/mol. The van der Waals surface area contributed by atoms with Crippen LogP contribution in [-0.2, 0) is 33.3 Å². The first-order valence-corrected chi connectivity index (χ1v) is 40.0. The molecule has 9 nitrogen and oxygen atoms in total. The number of hydrogen-bond acceptors (Lipinski definition) is 8. The van der Waals surface area contributed by atoms with E-state index in [1.807, 2.05) is 21.1 Å². The Morgan fingerprint density at radius 3 is 0.825 bits per heavy atom. The number of carbonyl (C=O) groups is 3. The van der Waals surface area contributed by atoms with E-state index >= 15 is 0 Å². The van der Waals surface area contributed by atoms with Crippen molar-refractivity contribution in [1.29, 1.82) is 0 Å². The summed E-state index contributed by atoms with van der Waals surface area (Å²) in [6, 6.07) is 0. The minimum absolute atomic E-state index is 0.144. The van der Waals surface area contributed by atoms with Crippen molar-refractivity contribution in [2.75, 3.05) is 47.5 Å². The standard InChI is InChI=1S/C88H149NO8/c1-6-8-10-12-14-16-18-20-22-24-26-28-30-32-34-36-38-40-41-42-43-44-45-47-49-51-53-55-57-59-61-63-65-67-69-71-73-75-77-79-86(91)97-84(83-96-88(87(92)93)94-81-80-89(3,4)5)82-95-85(90)78-76-74-72-70-68-66-64-62-60-58-56-54-52-50-48-46-39-37-35-33-31-29-27-25-23-21-19-17-15-13-11-9-7-2/h8-11,14-17,20-23,26-29,32-35,38,40,42-43,84,88H,6-7,12-13,18-19,24-25,30-31,36-37,39,41,44-83H2,1-5H3/b10-8-,11-9-,16-14-,17-15-,22-20-,23-21-,28-26-,29-27-,34-32-,35-33-,40-38-,43-42-. The molecule has 0 aliphatic heterocycles. The van der Waals surface area contributed by atoms with Gasteiger partial charge >= 0.3 is 11.9 Å². The van der Waals surface area contributed by atoms with Crippen LogP contribution in [0.1, 0.15) is 335 Å². The van der Waals surface area contributed by atoms with Gasteiger partial charge in [0.2, 0.25) is 0 Å². The molecule has 0 saturated heterocycles. The van der Waals surface area contributed by atoms with Crippen molar-refractivity contribution in [3.05, 3.63) is 146 Å². The average Bonchev–Trinajstić information content (AvgIpc) is 2.39. The van der Waals surface area contributed by atoms with Crippen LogP contribution in [0, 0.1) is 0 Å². The van der Waals surface area contributed by atoms with Crippen molar-refractivity contribution >= 4 is 17.9 Å². The number of nitrogens with zero attached hydrogens (tertiary/aromatic N) is 1. The van der Waals surface area contributed by atoms with Gasteiger partial charge in [0, 0.05) is 12.8 Å². The van der Waals surface area contributed by atoms with Crippen LogP contribution in [0.2, 0.25) is 0 Å². The molecular formula is C88H149NO8. The topological polar surface area (TPSA) is 111 Å². The number of carboxylic acids is 1. The predicted octanol–water partition coefficient (Wildman–Crippen LogP) is 24.5. The maximum atomic E-state index is 13.0. The molecule has 9 heteroatoms. The molecule has 0 aliphatic rings. The summed E-state index contributed by atoms with van der Waals surface area (Å²) in [5, 5.41) is 11.9. The van der Waals surface area contributed by atoms with Crippen molar-refractivity contribution < 1.29 is 42.9 Å². The van der Waals surface area contributed by atoms with Gasteiger partial charge in [-0.15, -0.1) is 0 Å². The third kappa shape index (κ3) is 78.4. The molecule has 0 N–H and O–H groups in total. The Morgan fingerprint density at radius 2 is 0.557 bits per heavy atom. The van der Waals surface area contributed by atoms with Crippen molar-refractivity contribution in [3.8, 4) is 0 Å². The Hall–Kier alpha value is -4.83. The average molecular weight is 1350 g/mol. The van der Waals surface area contributed by atoms with Gasteiger partial charge in [-0.25, -0.2) is 0 Å². The van der Waals surface area contributed by atoms with Gasteiger partial charge < -0.3 is 33.3 Å². The Kier molecular flexibility index (Phi) is 73.1. The number of carboxylic acid groups (broad SMARTS) is 1. The van der Waals surface area contributed by atoms with E-state index in [9.17, 15) is 19.5 Å². The molecule has 0 aromatic rings.